The summed E-state index contributed by atoms with van der Waals surface area (Å²) in [6.07, 6.45) is 4.58. The SMILES string of the molecule is CC(C)C[C@H](NC(=O)N1CCOCC1)C(=O)N[C@H](CCc1ccccc1)C(=O)c1ncc[nH]1. The van der Waals surface area contributed by atoms with Gasteiger partial charge in [-0.25, -0.2) is 9.78 Å². The minimum atomic E-state index is -0.765. The van der Waals surface area contributed by atoms with Gasteiger partial charge < -0.3 is 25.3 Å². The van der Waals surface area contributed by atoms with Gasteiger partial charge in [0.15, 0.2) is 5.82 Å². The number of benzene rings is 1. The first-order chi connectivity index (χ1) is 15.9. The second-order valence-corrected chi connectivity index (χ2v) is 8.62. The summed E-state index contributed by atoms with van der Waals surface area (Å²) >= 11 is 0. The van der Waals surface area contributed by atoms with Crippen LogP contribution in [0.3, 0.4) is 0 Å². The van der Waals surface area contributed by atoms with Crippen LogP contribution in [0.15, 0.2) is 42.7 Å². The van der Waals surface area contributed by atoms with Crippen LogP contribution in [0, 0.1) is 5.92 Å². The molecule has 2 aromatic rings. The maximum Gasteiger partial charge on any atom is 0.318 e. The molecule has 9 nitrogen and oxygen atoms in total. The van der Waals surface area contributed by atoms with Gasteiger partial charge in [-0.3, -0.25) is 9.59 Å². The molecule has 3 N–H and O–H groups in total. The number of nitrogens with one attached hydrogen (secondary N) is 3. The van der Waals surface area contributed by atoms with E-state index in [1.165, 1.54) is 6.20 Å². The lowest BCUT2D eigenvalue weighted by Gasteiger charge is -2.30. The van der Waals surface area contributed by atoms with Gasteiger partial charge >= 0.3 is 6.03 Å². The molecule has 0 unspecified atom stereocenters. The largest absolute Gasteiger partial charge is 0.378 e. The molecule has 178 valence electrons. The minimum absolute atomic E-state index is 0.175. The Morgan fingerprint density at radius 1 is 1.09 bits per heavy atom. The van der Waals surface area contributed by atoms with Crippen LogP contribution in [0.5, 0.6) is 0 Å². The predicted octanol–water partition coefficient (Wildman–Crippen LogP) is 2.17. The van der Waals surface area contributed by atoms with Gasteiger partial charge in [0.2, 0.25) is 11.7 Å². The molecule has 3 amide bonds. The molecule has 1 aromatic carbocycles. The van der Waals surface area contributed by atoms with E-state index < -0.39 is 12.1 Å². The summed E-state index contributed by atoms with van der Waals surface area (Å²) in [5, 5.41) is 5.74. The fourth-order valence-electron chi connectivity index (χ4n) is 3.77. The Kier molecular flexibility index (Phi) is 9.00. The maximum absolute atomic E-state index is 13.2. The lowest BCUT2D eigenvalue weighted by Crippen LogP contribution is -2.56. The first-order valence-electron chi connectivity index (χ1n) is 11.4. The Morgan fingerprint density at radius 2 is 1.82 bits per heavy atom. The minimum Gasteiger partial charge on any atom is -0.378 e. The number of ether oxygens (including phenoxy) is 1. The zero-order valence-corrected chi connectivity index (χ0v) is 19.3. The summed E-state index contributed by atoms with van der Waals surface area (Å²) in [6, 6.07) is 7.99. The lowest BCUT2D eigenvalue weighted by molar-refractivity contribution is -0.123. The topological polar surface area (TPSA) is 116 Å². The van der Waals surface area contributed by atoms with E-state index in [0.717, 1.165) is 5.56 Å². The number of urea groups is 1. The van der Waals surface area contributed by atoms with Crippen LogP contribution in [0.25, 0.3) is 0 Å². The lowest BCUT2D eigenvalue weighted by atomic mass is 9.99. The van der Waals surface area contributed by atoms with Gasteiger partial charge in [0, 0.05) is 25.5 Å². The first kappa shape index (κ1) is 24.4. The fraction of sp³-hybridized carbons (Fsp3) is 0.500. The molecular weight excluding hydrogens is 422 g/mol. The molecule has 1 saturated heterocycles. The van der Waals surface area contributed by atoms with E-state index in [1.807, 2.05) is 44.2 Å². The number of H-pyrrole nitrogens is 1. The number of aromatic nitrogens is 2. The summed E-state index contributed by atoms with van der Waals surface area (Å²) in [5.74, 6) is -0.282. The monoisotopic (exact) mass is 455 g/mol. The number of rotatable bonds is 10. The van der Waals surface area contributed by atoms with Crippen LogP contribution in [0.2, 0.25) is 0 Å². The van der Waals surface area contributed by atoms with Gasteiger partial charge in [0.25, 0.3) is 0 Å². The molecule has 1 aliphatic heterocycles. The van der Waals surface area contributed by atoms with E-state index in [4.69, 9.17) is 4.74 Å². The zero-order chi connectivity index (χ0) is 23.6. The van der Waals surface area contributed by atoms with Crippen LogP contribution >= 0.6 is 0 Å². The molecule has 0 saturated carbocycles. The second-order valence-electron chi connectivity index (χ2n) is 8.62. The van der Waals surface area contributed by atoms with E-state index in [-0.39, 0.29) is 29.5 Å². The number of aromatic amines is 1. The number of hydrogen-bond donors (Lipinski definition) is 3. The molecule has 0 aliphatic carbocycles. The van der Waals surface area contributed by atoms with Crippen LogP contribution in [-0.4, -0.2) is 71.0 Å². The van der Waals surface area contributed by atoms with Crippen molar-refractivity contribution in [2.24, 2.45) is 5.92 Å². The molecule has 3 rings (SSSR count). The van der Waals surface area contributed by atoms with E-state index in [2.05, 4.69) is 20.6 Å². The number of morpholine rings is 1. The number of Topliss-reactive ketones (excluding diaryl/α,β-unsaturated/α-hetero) is 1. The average molecular weight is 456 g/mol. The van der Waals surface area contributed by atoms with Crippen molar-refractivity contribution in [1.82, 2.24) is 25.5 Å². The van der Waals surface area contributed by atoms with Crippen LogP contribution < -0.4 is 10.6 Å². The number of amides is 3. The highest BCUT2D eigenvalue weighted by molar-refractivity contribution is 6.00. The highest BCUT2D eigenvalue weighted by Gasteiger charge is 2.30. The van der Waals surface area contributed by atoms with Gasteiger partial charge in [0.05, 0.1) is 19.3 Å². The van der Waals surface area contributed by atoms with Gasteiger partial charge in [-0.15, -0.1) is 0 Å². The molecule has 33 heavy (non-hydrogen) atoms. The number of ketones is 1. The number of imidazole rings is 1. The summed E-state index contributed by atoms with van der Waals surface area (Å²) in [4.78, 5) is 47.5. The number of carbonyl (C=O) groups excluding carboxylic acids is 3. The quantitative estimate of drug-likeness (QED) is 0.475. The molecule has 1 fully saturated rings. The van der Waals surface area contributed by atoms with Crippen molar-refractivity contribution in [2.45, 2.75) is 45.2 Å². The van der Waals surface area contributed by atoms with Crippen molar-refractivity contribution < 1.29 is 19.1 Å². The Hall–Kier alpha value is -3.20. The maximum atomic E-state index is 13.2. The zero-order valence-electron chi connectivity index (χ0n) is 19.3. The van der Waals surface area contributed by atoms with Crippen LogP contribution in [0.1, 0.15) is 42.9 Å². The second kappa shape index (κ2) is 12.2. The van der Waals surface area contributed by atoms with E-state index in [1.54, 1.807) is 11.1 Å². The Morgan fingerprint density at radius 3 is 2.45 bits per heavy atom. The van der Waals surface area contributed by atoms with Gasteiger partial charge in [0.1, 0.15) is 6.04 Å². The summed E-state index contributed by atoms with van der Waals surface area (Å²) in [5.41, 5.74) is 1.07. The predicted molar refractivity (Wildman–Crippen MR) is 124 cm³/mol. The summed E-state index contributed by atoms with van der Waals surface area (Å²) in [7, 11) is 0. The van der Waals surface area contributed by atoms with Crippen LogP contribution in [-0.2, 0) is 16.0 Å². The first-order valence-corrected chi connectivity index (χ1v) is 11.4. The fourth-order valence-corrected chi connectivity index (χ4v) is 3.77. The highest BCUT2D eigenvalue weighted by atomic mass is 16.5. The number of hydrogen-bond acceptors (Lipinski definition) is 5. The molecule has 0 spiro atoms. The van der Waals surface area contributed by atoms with E-state index >= 15 is 0 Å². The van der Waals surface area contributed by atoms with Crippen molar-refractivity contribution in [1.29, 1.82) is 0 Å². The Bertz CT molecular complexity index is 895. The summed E-state index contributed by atoms with van der Waals surface area (Å²) < 4.78 is 5.30. The van der Waals surface area contributed by atoms with Crippen molar-refractivity contribution in [3.05, 3.63) is 54.1 Å². The molecule has 2 heterocycles. The molecule has 9 heteroatoms. The molecular formula is C24H33N5O4. The third-order valence-corrected chi connectivity index (χ3v) is 5.55. The highest BCUT2D eigenvalue weighted by Crippen LogP contribution is 2.11. The van der Waals surface area contributed by atoms with Gasteiger partial charge in [-0.2, -0.15) is 0 Å². The van der Waals surface area contributed by atoms with Crippen molar-refractivity contribution in [3.8, 4) is 0 Å². The standard InChI is InChI=1S/C24H33N5O4/c1-17(2)16-20(28-24(32)29-12-14-33-15-13-29)23(31)27-19(21(30)22-25-10-11-26-22)9-8-18-6-4-3-5-7-18/h3-7,10-11,17,19-20H,8-9,12-16H2,1-2H3,(H,25,26)(H,27,31)(H,28,32)/t19-,20+/m1/s1. The summed E-state index contributed by atoms with van der Waals surface area (Å²) in [6.45, 7) is 5.91. The van der Waals surface area contributed by atoms with Crippen molar-refractivity contribution in [3.63, 3.8) is 0 Å². The smallest absolute Gasteiger partial charge is 0.318 e. The normalized spacial score (nSPS) is 15.7. The van der Waals surface area contributed by atoms with E-state index in [0.29, 0.717) is 45.6 Å². The van der Waals surface area contributed by atoms with Gasteiger partial charge in [-0.05, 0) is 30.7 Å². The van der Waals surface area contributed by atoms with E-state index in [9.17, 15) is 14.4 Å². The number of carbonyl (C=O) groups is 3. The third kappa shape index (κ3) is 7.42. The third-order valence-electron chi connectivity index (χ3n) is 5.55. The molecule has 0 radical (unpaired) electrons. The molecule has 0 bridgehead atoms. The molecule has 1 aromatic heterocycles. The van der Waals surface area contributed by atoms with Crippen molar-refractivity contribution >= 4 is 17.7 Å². The van der Waals surface area contributed by atoms with Crippen LogP contribution in [0.4, 0.5) is 4.79 Å². The Balaban J connectivity index is 1.70. The van der Waals surface area contributed by atoms with Gasteiger partial charge in [-0.1, -0.05) is 44.2 Å². The molecule has 1 aliphatic rings. The Labute approximate surface area is 194 Å². The number of aryl methyl sites for hydroxylation is 1. The average Bonchev–Trinajstić information content (AvgIpc) is 3.36. The number of nitrogens with zero attached hydrogens (tertiary/aromatic N) is 2. The van der Waals surface area contributed by atoms with Crippen molar-refractivity contribution in [2.75, 3.05) is 26.3 Å². The molecule has 2 atom stereocenters.